The lowest BCUT2D eigenvalue weighted by atomic mass is 9.96. The Bertz CT molecular complexity index is 1160. The smallest absolute Gasteiger partial charge is 0.214 e. The van der Waals surface area contributed by atoms with Crippen LogP contribution < -0.4 is 10.2 Å². The summed E-state index contributed by atoms with van der Waals surface area (Å²) < 4.78 is 28.7. The van der Waals surface area contributed by atoms with Gasteiger partial charge in [-0.15, -0.1) is 22.0 Å². The van der Waals surface area contributed by atoms with Gasteiger partial charge in [-0.25, -0.2) is 14.4 Å². The molecule has 3 aromatic rings. The number of alkyl halides is 1. The summed E-state index contributed by atoms with van der Waals surface area (Å²) in [6, 6.07) is 8.01. The second kappa shape index (κ2) is 8.83. The molecule has 0 saturated carbocycles. The molecule has 2 N–H and O–H groups in total. The van der Waals surface area contributed by atoms with Gasteiger partial charge in [0.05, 0.1) is 22.8 Å². The van der Waals surface area contributed by atoms with Crippen LogP contribution in [0.3, 0.4) is 0 Å². The fourth-order valence-corrected chi connectivity index (χ4v) is 5.14. The molecule has 2 saturated heterocycles. The Labute approximate surface area is 194 Å². The van der Waals surface area contributed by atoms with E-state index in [1.807, 2.05) is 18.2 Å². The molecule has 172 valence electrons. The maximum absolute atomic E-state index is 14.9. The Kier molecular flexibility index (Phi) is 5.88. The minimum Gasteiger partial charge on any atom is -0.507 e. The Balaban J connectivity index is 1.36. The van der Waals surface area contributed by atoms with Gasteiger partial charge in [0.1, 0.15) is 11.9 Å². The first-order valence-corrected chi connectivity index (χ1v) is 12.0. The summed E-state index contributed by atoms with van der Waals surface area (Å²) in [5, 5.41) is 22.9. The number of nitrogens with zero attached hydrogens (tertiary/aromatic N) is 5. The summed E-state index contributed by atoms with van der Waals surface area (Å²) in [5.74, 6) is 0.117. The molecule has 4 atom stereocenters. The Morgan fingerprint density at radius 3 is 2.73 bits per heavy atom. The van der Waals surface area contributed by atoms with E-state index < -0.39 is 12.1 Å². The highest BCUT2D eigenvalue weighted by Crippen LogP contribution is 2.35. The second-order valence-corrected chi connectivity index (χ2v) is 9.33. The predicted molar refractivity (Wildman–Crippen MR) is 124 cm³/mol. The van der Waals surface area contributed by atoms with Crippen molar-refractivity contribution in [1.82, 2.24) is 25.5 Å². The lowest BCUT2D eigenvalue weighted by Gasteiger charge is -2.38. The summed E-state index contributed by atoms with van der Waals surface area (Å²) in [6.07, 6.45) is 4.97. The molecule has 5 rings (SSSR count). The van der Waals surface area contributed by atoms with Gasteiger partial charge in [0.25, 0.3) is 0 Å². The molecule has 0 aliphatic carbocycles. The number of rotatable bonds is 5. The van der Waals surface area contributed by atoms with Gasteiger partial charge in [0, 0.05) is 25.2 Å². The molecule has 2 aromatic heterocycles. The van der Waals surface area contributed by atoms with Crippen LogP contribution in [0.25, 0.3) is 22.5 Å². The maximum Gasteiger partial charge on any atom is 0.214 e. The molecule has 2 aliphatic heterocycles. The van der Waals surface area contributed by atoms with Crippen LogP contribution in [-0.4, -0.2) is 62.9 Å². The summed E-state index contributed by atoms with van der Waals surface area (Å²) in [5.41, 5.74) is 1.66. The van der Waals surface area contributed by atoms with Crippen LogP contribution in [0.1, 0.15) is 19.3 Å². The normalized spacial score (nSPS) is 24.1. The third kappa shape index (κ3) is 4.24. The van der Waals surface area contributed by atoms with E-state index >= 15 is 0 Å². The fourth-order valence-electron chi connectivity index (χ4n) is 4.72. The average molecular weight is 471 g/mol. The zero-order valence-electron chi connectivity index (χ0n) is 18.2. The van der Waals surface area contributed by atoms with Crippen LogP contribution in [0.15, 0.2) is 41.6 Å². The van der Waals surface area contributed by atoms with Crippen molar-refractivity contribution >= 4 is 17.6 Å². The monoisotopic (exact) mass is 470 g/mol. The summed E-state index contributed by atoms with van der Waals surface area (Å²) in [7, 11) is 1.82. The van der Waals surface area contributed by atoms with E-state index in [2.05, 4.69) is 25.5 Å². The molecule has 0 spiro atoms. The molecule has 2 fully saturated rings. The van der Waals surface area contributed by atoms with E-state index in [0.29, 0.717) is 40.0 Å². The number of phenolic OH excluding ortho intramolecular Hbond substituents is 1. The van der Waals surface area contributed by atoms with Gasteiger partial charge in [0.2, 0.25) is 5.95 Å². The zero-order valence-corrected chi connectivity index (χ0v) is 19.1. The standard InChI is InChI=1S/C23H24F2N6OS/c1-31(17-10-14-4-6-16(27-14)22(17)25)20-11-26-23(30-29-20)15-5-3-12(7-18(15)32)13-8-19(24)28-21(9-13)33-2/h3,5,7-9,11,14,16-17,22,27,32H,4,6,10H2,1-2H3/t14-,16+,17+,22-/m1/s1. The number of hydrogen-bond donors (Lipinski definition) is 2. The van der Waals surface area contributed by atoms with Gasteiger partial charge in [0.15, 0.2) is 11.6 Å². The lowest BCUT2D eigenvalue weighted by Crippen LogP contribution is -2.55. The van der Waals surface area contributed by atoms with E-state index in [4.69, 9.17) is 0 Å². The van der Waals surface area contributed by atoms with Crippen LogP contribution in [0.5, 0.6) is 5.75 Å². The van der Waals surface area contributed by atoms with E-state index in [1.165, 1.54) is 23.9 Å². The van der Waals surface area contributed by atoms with Crippen molar-refractivity contribution in [1.29, 1.82) is 0 Å². The Morgan fingerprint density at radius 1 is 1.15 bits per heavy atom. The highest BCUT2D eigenvalue weighted by Gasteiger charge is 2.43. The second-order valence-electron chi connectivity index (χ2n) is 8.50. The molecular weight excluding hydrogens is 446 g/mol. The Hall–Kier alpha value is -2.85. The van der Waals surface area contributed by atoms with Gasteiger partial charge in [-0.1, -0.05) is 6.07 Å². The van der Waals surface area contributed by atoms with Gasteiger partial charge < -0.3 is 15.3 Å². The summed E-state index contributed by atoms with van der Waals surface area (Å²) in [4.78, 5) is 9.98. The van der Waals surface area contributed by atoms with Crippen molar-refractivity contribution in [3.05, 3.63) is 42.5 Å². The summed E-state index contributed by atoms with van der Waals surface area (Å²) >= 11 is 1.34. The van der Waals surface area contributed by atoms with E-state index in [-0.39, 0.29) is 23.7 Å². The number of thioether (sulfide) groups is 1. The van der Waals surface area contributed by atoms with Crippen LogP contribution in [0.4, 0.5) is 14.6 Å². The predicted octanol–water partition coefficient (Wildman–Crippen LogP) is 3.83. The molecule has 0 unspecified atom stereocenters. The first-order chi connectivity index (χ1) is 15.9. The zero-order chi connectivity index (χ0) is 23.1. The molecule has 10 heteroatoms. The van der Waals surface area contributed by atoms with Crippen molar-refractivity contribution in [2.24, 2.45) is 0 Å². The highest BCUT2D eigenvalue weighted by molar-refractivity contribution is 7.98. The number of hydrogen-bond acceptors (Lipinski definition) is 8. The van der Waals surface area contributed by atoms with Crippen molar-refractivity contribution in [2.45, 2.75) is 48.6 Å². The van der Waals surface area contributed by atoms with Gasteiger partial charge >= 0.3 is 0 Å². The average Bonchev–Trinajstić information content (AvgIpc) is 3.24. The van der Waals surface area contributed by atoms with Crippen molar-refractivity contribution in [3.63, 3.8) is 0 Å². The number of halogens is 2. The number of piperidine rings is 1. The molecular formula is C23H24F2N6OS. The minimum absolute atomic E-state index is 0.0444. The van der Waals surface area contributed by atoms with E-state index in [1.54, 1.807) is 24.4 Å². The van der Waals surface area contributed by atoms with Gasteiger partial charge in [-0.2, -0.15) is 4.39 Å². The van der Waals surface area contributed by atoms with Gasteiger partial charge in [-0.3, -0.25) is 0 Å². The highest BCUT2D eigenvalue weighted by atomic mass is 32.2. The van der Waals surface area contributed by atoms with Gasteiger partial charge in [-0.05, 0) is 54.8 Å². The van der Waals surface area contributed by atoms with E-state index in [0.717, 1.165) is 12.8 Å². The SMILES string of the molecule is CSc1cc(-c2ccc(-c3ncc(N(C)[C@H]4C[C@H]5CC[C@H](N5)[C@H]4F)nn3)c(O)c2)cc(F)n1. The summed E-state index contributed by atoms with van der Waals surface area (Å²) in [6.45, 7) is 0. The largest absolute Gasteiger partial charge is 0.507 e. The first-order valence-electron chi connectivity index (χ1n) is 10.8. The molecule has 4 heterocycles. The number of anilines is 1. The van der Waals surface area contributed by atoms with Crippen LogP contribution in [0.2, 0.25) is 0 Å². The fraction of sp³-hybridized carbons (Fsp3) is 0.391. The number of nitrogens with one attached hydrogen (secondary N) is 1. The van der Waals surface area contributed by atoms with E-state index in [9.17, 15) is 13.9 Å². The molecule has 2 aliphatic rings. The lowest BCUT2D eigenvalue weighted by molar-refractivity contribution is 0.176. The van der Waals surface area contributed by atoms with Crippen LogP contribution >= 0.6 is 11.8 Å². The van der Waals surface area contributed by atoms with Crippen LogP contribution in [0, 0.1) is 5.95 Å². The molecule has 0 amide bonds. The maximum atomic E-state index is 14.9. The van der Waals surface area contributed by atoms with Crippen LogP contribution in [-0.2, 0) is 0 Å². The number of phenols is 1. The minimum atomic E-state index is -0.975. The third-order valence-corrected chi connectivity index (χ3v) is 7.14. The number of benzene rings is 1. The quantitative estimate of drug-likeness (QED) is 0.430. The number of fused-ring (bicyclic) bond motifs is 2. The Morgan fingerprint density at radius 2 is 2.00 bits per heavy atom. The number of pyridine rings is 1. The van der Waals surface area contributed by atoms with Crippen molar-refractivity contribution in [3.8, 4) is 28.3 Å². The van der Waals surface area contributed by atoms with Crippen molar-refractivity contribution in [2.75, 3.05) is 18.2 Å². The van der Waals surface area contributed by atoms with Crippen molar-refractivity contribution < 1.29 is 13.9 Å². The topological polar surface area (TPSA) is 87.1 Å². The molecule has 0 radical (unpaired) electrons. The molecule has 1 aromatic carbocycles. The molecule has 2 bridgehead atoms. The molecule has 33 heavy (non-hydrogen) atoms. The number of aromatic nitrogens is 4. The third-order valence-electron chi connectivity index (χ3n) is 6.51. The molecule has 7 nitrogen and oxygen atoms in total. The number of aromatic hydroxyl groups is 1. The first kappa shape index (κ1) is 22.0.